The van der Waals surface area contributed by atoms with Gasteiger partial charge in [-0.05, 0) is 23.6 Å². The topological polar surface area (TPSA) is 78.4 Å². The van der Waals surface area contributed by atoms with Crippen molar-refractivity contribution in [2.75, 3.05) is 10.6 Å². The first-order chi connectivity index (χ1) is 9.88. The molecule has 9 heteroatoms. The predicted octanol–water partition coefficient (Wildman–Crippen LogP) is 4.54. The van der Waals surface area contributed by atoms with Gasteiger partial charge in [-0.3, -0.25) is 5.32 Å². The maximum absolute atomic E-state index is 13.2. The van der Waals surface area contributed by atoms with Crippen molar-refractivity contribution in [3.63, 3.8) is 0 Å². The molecule has 0 saturated carbocycles. The van der Waals surface area contributed by atoms with Crippen molar-refractivity contribution in [1.82, 2.24) is 0 Å². The molecule has 0 fully saturated rings. The van der Waals surface area contributed by atoms with Crippen molar-refractivity contribution < 1.29 is 19.1 Å². The summed E-state index contributed by atoms with van der Waals surface area (Å²) in [5.41, 5.74) is 0.155. The minimum Gasteiger partial charge on any atom is -0.478 e. The molecule has 2 amide bonds. The van der Waals surface area contributed by atoms with Crippen LogP contribution in [-0.2, 0) is 0 Å². The van der Waals surface area contributed by atoms with Crippen LogP contribution in [-0.4, -0.2) is 17.1 Å². The van der Waals surface area contributed by atoms with Crippen molar-refractivity contribution in [2.24, 2.45) is 0 Å². The third-order valence-corrected chi connectivity index (χ3v) is 3.74. The molecule has 0 saturated heterocycles. The molecule has 2 aromatic rings. The van der Waals surface area contributed by atoms with Gasteiger partial charge in [-0.25, -0.2) is 14.0 Å². The van der Waals surface area contributed by atoms with Crippen LogP contribution in [0, 0.1) is 5.82 Å². The van der Waals surface area contributed by atoms with Crippen molar-refractivity contribution in [1.29, 1.82) is 0 Å². The van der Waals surface area contributed by atoms with E-state index < -0.39 is 17.8 Å². The summed E-state index contributed by atoms with van der Waals surface area (Å²) >= 11 is 12.3. The van der Waals surface area contributed by atoms with Crippen LogP contribution >= 0.6 is 34.5 Å². The minimum atomic E-state index is -1.15. The lowest BCUT2D eigenvalue weighted by Gasteiger charge is -2.08. The van der Waals surface area contributed by atoms with Crippen LogP contribution in [0.15, 0.2) is 23.6 Å². The SMILES string of the molecule is O=C(Nc1cc(Cl)c(F)c(Cl)c1)Nc1sccc1C(=O)O. The van der Waals surface area contributed by atoms with Crippen LogP contribution < -0.4 is 10.6 Å². The van der Waals surface area contributed by atoms with E-state index in [9.17, 15) is 14.0 Å². The highest BCUT2D eigenvalue weighted by Gasteiger charge is 2.15. The molecular formula is C12H7Cl2FN2O3S. The van der Waals surface area contributed by atoms with Crippen molar-refractivity contribution in [3.8, 4) is 0 Å². The summed E-state index contributed by atoms with van der Waals surface area (Å²) in [7, 11) is 0. The largest absolute Gasteiger partial charge is 0.478 e. The fourth-order valence-electron chi connectivity index (χ4n) is 1.47. The number of hydrogen-bond acceptors (Lipinski definition) is 3. The van der Waals surface area contributed by atoms with E-state index in [1.54, 1.807) is 0 Å². The molecule has 1 heterocycles. The number of carbonyl (C=O) groups is 2. The summed E-state index contributed by atoms with van der Waals surface area (Å²) in [5.74, 6) is -1.94. The monoisotopic (exact) mass is 348 g/mol. The van der Waals surface area contributed by atoms with E-state index in [2.05, 4.69) is 10.6 Å². The second-order valence-corrected chi connectivity index (χ2v) is 5.53. The third kappa shape index (κ3) is 3.63. The Bertz CT molecular complexity index is 697. The van der Waals surface area contributed by atoms with E-state index in [0.717, 1.165) is 11.3 Å². The Labute approximate surface area is 132 Å². The summed E-state index contributed by atoms with van der Waals surface area (Å²) in [4.78, 5) is 22.7. The number of carboxylic acid groups (broad SMARTS) is 1. The lowest BCUT2D eigenvalue weighted by molar-refractivity contribution is 0.0698. The standard InChI is InChI=1S/C12H7Cl2FN2O3S/c13-7-3-5(4-8(14)9(7)15)16-12(20)17-10-6(11(18)19)1-2-21-10/h1-4H,(H,18,19)(H2,16,17,20). The number of carboxylic acids is 1. The molecule has 21 heavy (non-hydrogen) atoms. The number of thiophene rings is 1. The number of carbonyl (C=O) groups excluding carboxylic acids is 1. The number of hydrogen-bond donors (Lipinski definition) is 3. The Morgan fingerprint density at radius 2 is 1.81 bits per heavy atom. The van der Waals surface area contributed by atoms with Gasteiger partial charge < -0.3 is 10.4 Å². The highest BCUT2D eigenvalue weighted by atomic mass is 35.5. The highest BCUT2D eigenvalue weighted by Crippen LogP contribution is 2.28. The molecule has 0 atom stereocenters. The number of amides is 2. The molecule has 3 N–H and O–H groups in total. The highest BCUT2D eigenvalue weighted by molar-refractivity contribution is 7.14. The molecule has 0 radical (unpaired) electrons. The first kappa shape index (κ1) is 15.6. The van der Waals surface area contributed by atoms with Gasteiger partial charge in [0.1, 0.15) is 5.00 Å². The molecule has 0 spiro atoms. The maximum atomic E-state index is 13.2. The summed E-state index contributed by atoms with van der Waals surface area (Å²) in [6.45, 7) is 0. The fourth-order valence-corrected chi connectivity index (χ4v) is 2.73. The van der Waals surface area contributed by atoms with Gasteiger partial charge in [0, 0.05) is 5.69 Å². The van der Waals surface area contributed by atoms with E-state index in [1.165, 1.54) is 23.6 Å². The van der Waals surface area contributed by atoms with Crippen LogP contribution in [0.4, 0.5) is 19.9 Å². The second-order valence-electron chi connectivity index (χ2n) is 3.80. The molecule has 5 nitrogen and oxygen atoms in total. The van der Waals surface area contributed by atoms with Gasteiger partial charge >= 0.3 is 12.0 Å². The zero-order chi connectivity index (χ0) is 15.6. The molecule has 1 aromatic carbocycles. The van der Waals surface area contributed by atoms with E-state index in [0.29, 0.717) is 0 Å². The van der Waals surface area contributed by atoms with Crippen molar-refractivity contribution >= 4 is 57.2 Å². The number of urea groups is 1. The quantitative estimate of drug-likeness (QED) is 0.712. The van der Waals surface area contributed by atoms with Crippen LogP contribution in [0.3, 0.4) is 0 Å². The average molecular weight is 349 g/mol. The van der Waals surface area contributed by atoms with Gasteiger partial charge in [-0.2, -0.15) is 0 Å². The summed E-state index contributed by atoms with van der Waals surface area (Å²) in [5, 5.41) is 14.9. The Morgan fingerprint density at radius 3 is 2.38 bits per heavy atom. The number of halogens is 3. The Hall–Kier alpha value is -1.83. The molecular weight excluding hydrogens is 342 g/mol. The molecule has 0 aliphatic carbocycles. The molecule has 1 aromatic heterocycles. The predicted molar refractivity (Wildman–Crippen MR) is 80.3 cm³/mol. The van der Waals surface area contributed by atoms with Gasteiger partial charge in [0.25, 0.3) is 0 Å². The van der Waals surface area contributed by atoms with E-state index in [4.69, 9.17) is 28.3 Å². The zero-order valence-electron chi connectivity index (χ0n) is 10.1. The van der Waals surface area contributed by atoms with Crippen LogP contribution in [0.25, 0.3) is 0 Å². The second kappa shape index (κ2) is 6.30. The molecule has 0 aliphatic rings. The van der Waals surface area contributed by atoms with Crippen LogP contribution in [0.2, 0.25) is 10.0 Å². The summed E-state index contributed by atoms with van der Waals surface area (Å²) in [6, 6.07) is 3.05. The van der Waals surface area contributed by atoms with Crippen LogP contribution in [0.5, 0.6) is 0 Å². The lowest BCUT2D eigenvalue weighted by atomic mass is 10.3. The fraction of sp³-hybridized carbons (Fsp3) is 0. The van der Waals surface area contributed by atoms with E-state index in [-0.39, 0.29) is 26.3 Å². The van der Waals surface area contributed by atoms with Crippen molar-refractivity contribution in [3.05, 3.63) is 45.0 Å². The lowest BCUT2D eigenvalue weighted by Crippen LogP contribution is -2.20. The zero-order valence-corrected chi connectivity index (χ0v) is 12.4. The Balaban J connectivity index is 2.12. The van der Waals surface area contributed by atoms with E-state index >= 15 is 0 Å². The number of aromatic carboxylic acids is 1. The third-order valence-electron chi connectivity index (χ3n) is 2.36. The molecule has 2 rings (SSSR count). The van der Waals surface area contributed by atoms with Crippen LogP contribution in [0.1, 0.15) is 10.4 Å². The number of nitrogens with one attached hydrogen (secondary N) is 2. The number of rotatable bonds is 3. The van der Waals surface area contributed by atoms with Gasteiger partial charge in [0.05, 0.1) is 15.6 Å². The number of anilines is 2. The minimum absolute atomic E-state index is 0.0229. The van der Waals surface area contributed by atoms with Gasteiger partial charge in [0.2, 0.25) is 0 Å². The van der Waals surface area contributed by atoms with Gasteiger partial charge in [0.15, 0.2) is 5.82 Å². The average Bonchev–Trinajstić information content (AvgIpc) is 2.83. The normalized spacial score (nSPS) is 10.2. The Morgan fingerprint density at radius 1 is 1.19 bits per heavy atom. The summed E-state index contributed by atoms with van der Waals surface area (Å²) in [6.07, 6.45) is 0. The molecule has 0 unspecified atom stereocenters. The van der Waals surface area contributed by atoms with E-state index in [1.807, 2.05) is 0 Å². The van der Waals surface area contributed by atoms with Crippen molar-refractivity contribution in [2.45, 2.75) is 0 Å². The molecule has 0 aliphatic heterocycles. The van der Waals surface area contributed by atoms with Gasteiger partial charge in [-0.1, -0.05) is 23.2 Å². The Kier molecular flexibility index (Phi) is 4.66. The molecule has 110 valence electrons. The number of benzene rings is 1. The summed E-state index contributed by atoms with van der Waals surface area (Å²) < 4.78 is 13.2. The first-order valence-corrected chi connectivity index (χ1v) is 7.05. The smallest absolute Gasteiger partial charge is 0.338 e. The molecule has 0 bridgehead atoms. The maximum Gasteiger partial charge on any atom is 0.338 e. The first-order valence-electron chi connectivity index (χ1n) is 5.42. The van der Waals surface area contributed by atoms with Gasteiger partial charge in [-0.15, -0.1) is 11.3 Å².